The van der Waals surface area contributed by atoms with E-state index >= 15 is 0 Å². The van der Waals surface area contributed by atoms with E-state index < -0.39 is 0 Å². The van der Waals surface area contributed by atoms with Crippen molar-refractivity contribution in [1.82, 2.24) is 20.9 Å². The molecule has 0 aromatic heterocycles. The summed E-state index contributed by atoms with van der Waals surface area (Å²) in [4.78, 5) is 24.6. The Balaban J connectivity index is 1.55. The van der Waals surface area contributed by atoms with Gasteiger partial charge in [-0.3, -0.25) is 4.79 Å². The fourth-order valence-electron chi connectivity index (χ4n) is 2.00. The van der Waals surface area contributed by atoms with Crippen molar-refractivity contribution in [1.29, 1.82) is 0 Å². The zero-order chi connectivity index (χ0) is 14.2. The molecule has 1 fully saturated rings. The number of urea groups is 1. The molecule has 1 aromatic rings. The van der Waals surface area contributed by atoms with Crippen molar-refractivity contribution < 1.29 is 9.59 Å². The number of carbonyl (C=O) groups excluding carboxylic acids is 2. The van der Waals surface area contributed by atoms with Gasteiger partial charge in [-0.15, -0.1) is 0 Å². The maximum absolute atomic E-state index is 11.6. The Morgan fingerprint density at radius 1 is 1.30 bits per heavy atom. The van der Waals surface area contributed by atoms with Crippen LogP contribution in [0, 0.1) is 0 Å². The molecule has 0 radical (unpaired) electrons. The smallest absolute Gasteiger partial charge is 0.317 e. The molecular formula is C14H20N4O2. The van der Waals surface area contributed by atoms with Crippen LogP contribution in [0.2, 0.25) is 0 Å². The van der Waals surface area contributed by atoms with Crippen LogP contribution in [0.4, 0.5) is 4.79 Å². The highest BCUT2D eigenvalue weighted by molar-refractivity contribution is 5.78. The van der Waals surface area contributed by atoms with Crippen LogP contribution in [0.3, 0.4) is 0 Å². The van der Waals surface area contributed by atoms with E-state index in [-0.39, 0.29) is 18.5 Å². The molecule has 0 saturated carbocycles. The first-order valence-electron chi connectivity index (χ1n) is 6.80. The SMILES string of the molecule is O=C(CNCCN1CCNC1=O)NCc1ccccc1. The van der Waals surface area contributed by atoms with Crippen molar-refractivity contribution in [2.75, 3.05) is 32.7 Å². The summed E-state index contributed by atoms with van der Waals surface area (Å²) in [6.07, 6.45) is 0. The van der Waals surface area contributed by atoms with Gasteiger partial charge in [-0.2, -0.15) is 0 Å². The molecule has 0 unspecified atom stereocenters. The topological polar surface area (TPSA) is 73.5 Å². The molecular weight excluding hydrogens is 256 g/mol. The predicted octanol–water partition coefficient (Wildman–Crippen LogP) is -0.0824. The van der Waals surface area contributed by atoms with Crippen molar-refractivity contribution in [2.45, 2.75) is 6.54 Å². The minimum absolute atomic E-state index is 0.0275. The van der Waals surface area contributed by atoms with E-state index in [1.165, 1.54) is 0 Å². The molecule has 1 saturated heterocycles. The Hall–Kier alpha value is -2.08. The molecule has 1 aromatic carbocycles. The minimum atomic E-state index is -0.0419. The van der Waals surface area contributed by atoms with Gasteiger partial charge in [0.25, 0.3) is 0 Å². The van der Waals surface area contributed by atoms with E-state index in [2.05, 4.69) is 16.0 Å². The molecule has 6 nitrogen and oxygen atoms in total. The second-order valence-electron chi connectivity index (χ2n) is 4.66. The molecule has 1 aliphatic rings. The second-order valence-corrected chi connectivity index (χ2v) is 4.66. The maximum Gasteiger partial charge on any atom is 0.317 e. The van der Waals surface area contributed by atoms with Gasteiger partial charge in [0.2, 0.25) is 5.91 Å². The molecule has 108 valence electrons. The van der Waals surface area contributed by atoms with Crippen LogP contribution in [0.25, 0.3) is 0 Å². The lowest BCUT2D eigenvalue weighted by molar-refractivity contribution is -0.120. The molecule has 1 heterocycles. The van der Waals surface area contributed by atoms with E-state index in [0.29, 0.717) is 26.2 Å². The van der Waals surface area contributed by atoms with Crippen LogP contribution in [0.15, 0.2) is 30.3 Å². The summed E-state index contributed by atoms with van der Waals surface area (Å²) < 4.78 is 0. The zero-order valence-electron chi connectivity index (χ0n) is 11.4. The van der Waals surface area contributed by atoms with Crippen molar-refractivity contribution in [3.63, 3.8) is 0 Å². The molecule has 3 amide bonds. The normalized spacial score (nSPS) is 14.2. The number of hydrogen-bond donors (Lipinski definition) is 3. The van der Waals surface area contributed by atoms with E-state index in [9.17, 15) is 9.59 Å². The molecule has 3 N–H and O–H groups in total. The Morgan fingerprint density at radius 2 is 2.10 bits per heavy atom. The van der Waals surface area contributed by atoms with Crippen LogP contribution < -0.4 is 16.0 Å². The largest absolute Gasteiger partial charge is 0.351 e. The predicted molar refractivity (Wildman–Crippen MR) is 76.1 cm³/mol. The summed E-state index contributed by atoms with van der Waals surface area (Å²) in [6, 6.07) is 9.75. The third-order valence-electron chi connectivity index (χ3n) is 3.12. The summed E-state index contributed by atoms with van der Waals surface area (Å²) in [6.45, 7) is 3.49. The lowest BCUT2D eigenvalue weighted by Crippen LogP contribution is -2.39. The number of hydrogen-bond acceptors (Lipinski definition) is 3. The molecule has 2 rings (SSSR count). The third-order valence-corrected chi connectivity index (χ3v) is 3.12. The van der Waals surface area contributed by atoms with Gasteiger partial charge in [-0.05, 0) is 5.56 Å². The summed E-state index contributed by atoms with van der Waals surface area (Å²) in [5, 5.41) is 8.61. The molecule has 0 bridgehead atoms. The van der Waals surface area contributed by atoms with Crippen molar-refractivity contribution >= 4 is 11.9 Å². The van der Waals surface area contributed by atoms with Crippen molar-refractivity contribution in [3.05, 3.63) is 35.9 Å². The zero-order valence-corrected chi connectivity index (χ0v) is 11.4. The van der Waals surface area contributed by atoms with Gasteiger partial charge in [0.05, 0.1) is 6.54 Å². The molecule has 0 aliphatic carbocycles. The highest BCUT2D eigenvalue weighted by Crippen LogP contribution is 1.97. The van der Waals surface area contributed by atoms with Crippen LogP contribution in [0.5, 0.6) is 0 Å². The van der Waals surface area contributed by atoms with E-state index in [4.69, 9.17) is 0 Å². The summed E-state index contributed by atoms with van der Waals surface area (Å²) in [5.74, 6) is -0.0419. The number of benzene rings is 1. The quantitative estimate of drug-likeness (QED) is 0.610. The Labute approximate surface area is 118 Å². The van der Waals surface area contributed by atoms with Crippen molar-refractivity contribution in [2.24, 2.45) is 0 Å². The minimum Gasteiger partial charge on any atom is -0.351 e. The summed E-state index contributed by atoms with van der Waals surface area (Å²) in [5.41, 5.74) is 1.08. The van der Waals surface area contributed by atoms with Gasteiger partial charge in [0.1, 0.15) is 0 Å². The Bertz CT molecular complexity index is 450. The fourth-order valence-corrected chi connectivity index (χ4v) is 2.00. The molecule has 1 aliphatic heterocycles. The molecule has 6 heteroatoms. The van der Waals surface area contributed by atoms with E-state index in [0.717, 1.165) is 12.1 Å². The second kappa shape index (κ2) is 7.49. The summed E-state index contributed by atoms with van der Waals surface area (Å²) >= 11 is 0. The first kappa shape index (κ1) is 14.3. The summed E-state index contributed by atoms with van der Waals surface area (Å²) in [7, 11) is 0. The number of rotatable bonds is 7. The van der Waals surface area contributed by atoms with Gasteiger partial charge in [0, 0.05) is 32.7 Å². The average Bonchev–Trinajstić information content (AvgIpc) is 2.88. The van der Waals surface area contributed by atoms with Crippen LogP contribution in [0.1, 0.15) is 5.56 Å². The van der Waals surface area contributed by atoms with E-state index in [1.54, 1.807) is 4.90 Å². The van der Waals surface area contributed by atoms with Crippen LogP contribution in [-0.2, 0) is 11.3 Å². The van der Waals surface area contributed by atoms with Gasteiger partial charge < -0.3 is 20.9 Å². The first-order chi connectivity index (χ1) is 9.75. The fraction of sp³-hybridized carbons (Fsp3) is 0.429. The van der Waals surface area contributed by atoms with E-state index in [1.807, 2.05) is 30.3 Å². The first-order valence-corrected chi connectivity index (χ1v) is 6.80. The number of nitrogens with one attached hydrogen (secondary N) is 3. The monoisotopic (exact) mass is 276 g/mol. The highest BCUT2D eigenvalue weighted by Gasteiger charge is 2.18. The average molecular weight is 276 g/mol. The third kappa shape index (κ3) is 4.55. The standard InChI is InChI=1S/C14H20N4O2/c19-13(17-10-12-4-2-1-3-5-12)11-15-6-8-18-9-7-16-14(18)20/h1-5,15H,6-11H2,(H,16,20)(H,17,19). The molecule has 0 atom stereocenters. The van der Waals surface area contributed by atoms with Crippen LogP contribution >= 0.6 is 0 Å². The molecule has 20 heavy (non-hydrogen) atoms. The number of amides is 3. The van der Waals surface area contributed by atoms with Gasteiger partial charge in [0.15, 0.2) is 0 Å². The van der Waals surface area contributed by atoms with Crippen molar-refractivity contribution in [3.8, 4) is 0 Å². The van der Waals surface area contributed by atoms with Gasteiger partial charge >= 0.3 is 6.03 Å². The van der Waals surface area contributed by atoms with Gasteiger partial charge in [-0.25, -0.2) is 4.79 Å². The lowest BCUT2D eigenvalue weighted by Gasteiger charge is -2.14. The Kier molecular flexibility index (Phi) is 5.37. The molecule has 0 spiro atoms. The van der Waals surface area contributed by atoms with Crippen LogP contribution in [-0.4, -0.2) is 49.6 Å². The van der Waals surface area contributed by atoms with Gasteiger partial charge in [-0.1, -0.05) is 30.3 Å². The highest BCUT2D eigenvalue weighted by atomic mass is 16.2. The maximum atomic E-state index is 11.6. The Morgan fingerprint density at radius 3 is 2.80 bits per heavy atom. The number of carbonyl (C=O) groups is 2. The number of nitrogens with zero attached hydrogens (tertiary/aromatic N) is 1. The lowest BCUT2D eigenvalue weighted by atomic mass is 10.2.